The lowest BCUT2D eigenvalue weighted by atomic mass is 10.3. The van der Waals surface area contributed by atoms with Crippen molar-refractivity contribution in [1.29, 1.82) is 0 Å². The first-order valence-corrected chi connectivity index (χ1v) is 7.23. The number of aromatic nitrogens is 3. The predicted molar refractivity (Wildman–Crippen MR) is 78.8 cm³/mol. The molecule has 1 aromatic carbocycles. The van der Waals surface area contributed by atoms with Crippen LogP contribution in [0.25, 0.3) is 5.69 Å². The lowest BCUT2D eigenvalue weighted by Gasteiger charge is -2.12. The number of para-hydroxylation sites is 1. The van der Waals surface area contributed by atoms with Crippen LogP contribution in [0.1, 0.15) is 25.5 Å². The van der Waals surface area contributed by atoms with Crippen LogP contribution in [0, 0.1) is 0 Å². The molecule has 0 radical (unpaired) electrons. The standard InChI is InChI=1S/C15H19N5O/c1-11(15(21)18-12-7-8-12)16-9-13-10-17-20(19-13)14-5-3-2-4-6-14/h2-6,10-12,16H,7-9H2,1H3,(H,18,21). The first-order valence-electron chi connectivity index (χ1n) is 7.23. The molecule has 1 aliphatic rings. The maximum absolute atomic E-state index is 11.8. The van der Waals surface area contributed by atoms with Crippen LogP contribution in [0.3, 0.4) is 0 Å². The quantitative estimate of drug-likeness (QED) is 0.831. The fourth-order valence-corrected chi connectivity index (χ4v) is 1.97. The van der Waals surface area contributed by atoms with E-state index in [4.69, 9.17) is 0 Å². The highest BCUT2D eigenvalue weighted by Crippen LogP contribution is 2.18. The molecule has 0 bridgehead atoms. The van der Waals surface area contributed by atoms with E-state index in [0.29, 0.717) is 12.6 Å². The van der Waals surface area contributed by atoms with Gasteiger partial charge >= 0.3 is 0 Å². The summed E-state index contributed by atoms with van der Waals surface area (Å²) in [6.45, 7) is 2.38. The van der Waals surface area contributed by atoms with Gasteiger partial charge in [0.25, 0.3) is 0 Å². The second kappa shape index (κ2) is 6.05. The Hall–Kier alpha value is -2.21. The maximum atomic E-state index is 11.8. The van der Waals surface area contributed by atoms with E-state index in [9.17, 15) is 4.79 Å². The Kier molecular flexibility index (Phi) is 3.96. The third-order valence-electron chi connectivity index (χ3n) is 3.43. The molecule has 110 valence electrons. The van der Waals surface area contributed by atoms with Crippen LogP contribution in [0.4, 0.5) is 0 Å². The monoisotopic (exact) mass is 285 g/mol. The summed E-state index contributed by atoms with van der Waals surface area (Å²) in [6.07, 6.45) is 3.92. The van der Waals surface area contributed by atoms with E-state index in [0.717, 1.165) is 24.2 Å². The van der Waals surface area contributed by atoms with Gasteiger partial charge in [-0.2, -0.15) is 15.0 Å². The molecule has 1 heterocycles. The number of hydrogen-bond donors (Lipinski definition) is 2. The van der Waals surface area contributed by atoms with Crippen molar-refractivity contribution in [3.05, 3.63) is 42.2 Å². The largest absolute Gasteiger partial charge is 0.352 e. The van der Waals surface area contributed by atoms with Crippen molar-refractivity contribution in [3.8, 4) is 5.69 Å². The minimum Gasteiger partial charge on any atom is -0.352 e. The highest BCUT2D eigenvalue weighted by atomic mass is 16.2. The zero-order valence-electron chi connectivity index (χ0n) is 12.0. The first kappa shape index (κ1) is 13.8. The molecule has 21 heavy (non-hydrogen) atoms. The van der Waals surface area contributed by atoms with Crippen LogP contribution in [-0.4, -0.2) is 33.0 Å². The molecule has 0 aliphatic heterocycles. The first-order chi connectivity index (χ1) is 10.2. The van der Waals surface area contributed by atoms with E-state index >= 15 is 0 Å². The van der Waals surface area contributed by atoms with Crippen molar-refractivity contribution in [2.45, 2.75) is 38.4 Å². The second-order valence-electron chi connectivity index (χ2n) is 5.35. The molecule has 6 heteroatoms. The number of carbonyl (C=O) groups is 1. The minimum absolute atomic E-state index is 0.0490. The molecule has 0 saturated heterocycles. The molecule has 1 unspecified atom stereocenters. The van der Waals surface area contributed by atoms with Crippen molar-refractivity contribution in [2.75, 3.05) is 0 Å². The van der Waals surface area contributed by atoms with Crippen LogP contribution in [0.5, 0.6) is 0 Å². The van der Waals surface area contributed by atoms with Crippen molar-refractivity contribution in [2.24, 2.45) is 0 Å². The van der Waals surface area contributed by atoms with Crippen LogP contribution in [-0.2, 0) is 11.3 Å². The number of nitrogens with zero attached hydrogens (tertiary/aromatic N) is 3. The van der Waals surface area contributed by atoms with Gasteiger partial charge in [0.2, 0.25) is 5.91 Å². The Morgan fingerprint density at radius 3 is 2.86 bits per heavy atom. The number of amides is 1. The summed E-state index contributed by atoms with van der Waals surface area (Å²) in [7, 11) is 0. The van der Waals surface area contributed by atoms with Crippen molar-refractivity contribution in [3.63, 3.8) is 0 Å². The molecule has 1 atom stereocenters. The molecular weight excluding hydrogens is 266 g/mol. The lowest BCUT2D eigenvalue weighted by Crippen LogP contribution is -2.42. The van der Waals surface area contributed by atoms with Gasteiger partial charge in [-0.1, -0.05) is 18.2 Å². The number of hydrogen-bond acceptors (Lipinski definition) is 4. The molecular formula is C15H19N5O. The van der Waals surface area contributed by atoms with Gasteiger partial charge in [0.1, 0.15) is 0 Å². The SMILES string of the molecule is CC(NCc1cnn(-c2ccccc2)n1)C(=O)NC1CC1. The molecule has 2 aromatic rings. The van der Waals surface area contributed by atoms with Crippen molar-refractivity contribution in [1.82, 2.24) is 25.6 Å². The van der Waals surface area contributed by atoms with Crippen molar-refractivity contribution >= 4 is 5.91 Å². The number of carbonyl (C=O) groups excluding carboxylic acids is 1. The Bertz CT molecular complexity index is 606. The Labute approximate surface area is 123 Å². The summed E-state index contributed by atoms with van der Waals surface area (Å²) in [5, 5.41) is 14.8. The molecule has 1 aliphatic carbocycles. The van der Waals surface area contributed by atoms with Gasteiger partial charge in [-0.15, -0.1) is 0 Å². The maximum Gasteiger partial charge on any atom is 0.237 e. The van der Waals surface area contributed by atoms with Crippen molar-refractivity contribution < 1.29 is 4.79 Å². The van der Waals surface area contributed by atoms with Crippen LogP contribution < -0.4 is 10.6 Å². The molecule has 0 spiro atoms. The number of benzene rings is 1. The molecule has 1 amide bonds. The van der Waals surface area contributed by atoms with E-state index in [1.807, 2.05) is 37.3 Å². The Morgan fingerprint density at radius 2 is 2.14 bits per heavy atom. The van der Waals surface area contributed by atoms with E-state index in [2.05, 4.69) is 20.8 Å². The third-order valence-corrected chi connectivity index (χ3v) is 3.43. The summed E-state index contributed by atoms with van der Waals surface area (Å²) in [5.74, 6) is 0.0490. The van der Waals surface area contributed by atoms with Gasteiger partial charge < -0.3 is 10.6 Å². The topological polar surface area (TPSA) is 71.8 Å². The summed E-state index contributed by atoms with van der Waals surface area (Å²) < 4.78 is 0. The van der Waals surface area contributed by atoms with Gasteiger partial charge in [0.15, 0.2) is 0 Å². The smallest absolute Gasteiger partial charge is 0.237 e. The second-order valence-corrected chi connectivity index (χ2v) is 5.35. The summed E-state index contributed by atoms with van der Waals surface area (Å²) >= 11 is 0. The highest BCUT2D eigenvalue weighted by molar-refractivity contribution is 5.81. The van der Waals surface area contributed by atoms with Crippen LogP contribution >= 0.6 is 0 Å². The lowest BCUT2D eigenvalue weighted by molar-refractivity contribution is -0.122. The number of nitrogens with one attached hydrogen (secondary N) is 2. The van der Waals surface area contributed by atoms with Gasteiger partial charge in [-0.3, -0.25) is 4.79 Å². The molecule has 1 saturated carbocycles. The summed E-state index contributed by atoms with van der Waals surface area (Å²) in [6, 6.07) is 9.90. The third kappa shape index (κ3) is 3.66. The van der Waals surface area contributed by atoms with Gasteiger partial charge in [-0.05, 0) is 31.9 Å². The van der Waals surface area contributed by atoms with Gasteiger partial charge in [-0.25, -0.2) is 0 Å². The molecule has 3 rings (SSSR count). The molecule has 1 fully saturated rings. The fraction of sp³-hybridized carbons (Fsp3) is 0.400. The minimum atomic E-state index is -0.229. The average molecular weight is 285 g/mol. The Balaban J connectivity index is 1.53. The predicted octanol–water partition coefficient (Wildman–Crippen LogP) is 1.02. The van der Waals surface area contributed by atoms with E-state index in [1.165, 1.54) is 0 Å². The molecule has 2 N–H and O–H groups in total. The van der Waals surface area contributed by atoms with Gasteiger partial charge in [0.05, 0.1) is 23.6 Å². The molecule has 1 aromatic heterocycles. The number of rotatable bonds is 6. The Morgan fingerprint density at radius 1 is 1.38 bits per heavy atom. The van der Waals surface area contributed by atoms with E-state index < -0.39 is 0 Å². The highest BCUT2D eigenvalue weighted by Gasteiger charge is 2.25. The summed E-state index contributed by atoms with van der Waals surface area (Å²) in [5.41, 5.74) is 1.73. The van der Waals surface area contributed by atoms with E-state index in [1.54, 1.807) is 11.0 Å². The van der Waals surface area contributed by atoms with E-state index in [-0.39, 0.29) is 11.9 Å². The molecule has 6 nitrogen and oxygen atoms in total. The fourth-order valence-electron chi connectivity index (χ4n) is 1.97. The van der Waals surface area contributed by atoms with Crippen LogP contribution in [0.15, 0.2) is 36.5 Å². The van der Waals surface area contributed by atoms with Gasteiger partial charge in [0, 0.05) is 12.6 Å². The van der Waals surface area contributed by atoms with Crippen LogP contribution in [0.2, 0.25) is 0 Å². The average Bonchev–Trinajstić information content (AvgIpc) is 3.20. The summed E-state index contributed by atoms with van der Waals surface area (Å²) in [4.78, 5) is 13.4. The normalized spacial score (nSPS) is 15.7. The zero-order chi connectivity index (χ0) is 14.7. The zero-order valence-corrected chi connectivity index (χ0v) is 12.0.